The second kappa shape index (κ2) is 5.87. The Morgan fingerprint density at radius 3 is 2.28 bits per heavy atom. The van der Waals surface area contributed by atoms with Crippen molar-refractivity contribution >= 4 is 0 Å². The zero-order chi connectivity index (χ0) is 13.1. The molecule has 2 aliphatic rings. The van der Waals surface area contributed by atoms with Crippen LogP contribution < -0.4 is 5.73 Å². The molecule has 0 spiro atoms. The van der Waals surface area contributed by atoms with Crippen molar-refractivity contribution in [3.05, 3.63) is 0 Å². The average Bonchev–Trinajstić information content (AvgIpc) is 2.42. The topological polar surface area (TPSA) is 58.7 Å². The molecule has 2 aliphatic heterocycles. The highest BCUT2D eigenvalue weighted by atomic mass is 16.5. The molecule has 2 saturated heterocycles. The summed E-state index contributed by atoms with van der Waals surface area (Å²) in [5.74, 6) is 0. The van der Waals surface area contributed by atoms with E-state index in [-0.39, 0.29) is 5.41 Å². The highest BCUT2D eigenvalue weighted by Gasteiger charge is 2.50. The van der Waals surface area contributed by atoms with E-state index in [0.29, 0.717) is 6.54 Å². The van der Waals surface area contributed by atoms with Crippen LogP contribution in [0.2, 0.25) is 0 Å². The Morgan fingerprint density at radius 1 is 1.17 bits per heavy atom. The lowest BCUT2D eigenvalue weighted by molar-refractivity contribution is -0.153. The number of nitrogens with zero attached hydrogens (tertiary/aromatic N) is 1. The molecule has 0 amide bonds. The van der Waals surface area contributed by atoms with Gasteiger partial charge in [-0.1, -0.05) is 6.92 Å². The first-order chi connectivity index (χ1) is 8.66. The third-order valence-electron chi connectivity index (χ3n) is 5.05. The zero-order valence-corrected chi connectivity index (χ0v) is 11.7. The maximum Gasteiger partial charge on any atom is 0.0741 e. The van der Waals surface area contributed by atoms with Crippen LogP contribution in [0.1, 0.15) is 39.0 Å². The third kappa shape index (κ3) is 2.57. The molecule has 2 fully saturated rings. The summed E-state index contributed by atoms with van der Waals surface area (Å²) in [5.41, 5.74) is 5.34. The number of likely N-dealkylation sites (tertiary alicyclic amines) is 1. The van der Waals surface area contributed by atoms with Crippen molar-refractivity contribution in [1.82, 2.24) is 4.90 Å². The Hall–Kier alpha value is -0.160. The van der Waals surface area contributed by atoms with E-state index in [1.807, 2.05) is 0 Å². The van der Waals surface area contributed by atoms with Gasteiger partial charge in [-0.25, -0.2) is 0 Å². The van der Waals surface area contributed by atoms with Crippen molar-refractivity contribution < 1.29 is 9.84 Å². The lowest BCUT2D eigenvalue weighted by Crippen LogP contribution is -2.59. The summed E-state index contributed by atoms with van der Waals surface area (Å²) in [4.78, 5) is 2.46. The van der Waals surface area contributed by atoms with E-state index >= 15 is 0 Å². The van der Waals surface area contributed by atoms with Crippen LogP contribution in [0.3, 0.4) is 0 Å². The number of piperidine rings is 1. The largest absolute Gasteiger partial charge is 0.389 e. The van der Waals surface area contributed by atoms with Gasteiger partial charge in [0.05, 0.1) is 5.60 Å². The number of rotatable bonds is 4. The lowest BCUT2D eigenvalue weighted by atomic mass is 9.63. The molecule has 0 aromatic rings. The number of hydrogen-bond acceptors (Lipinski definition) is 4. The van der Waals surface area contributed by atoms with Crippen LogP contribution in [-0.4, -0.2) is 55.0 Å². The molecule has 4 nitrogen and oxygen atoms in total. The van der Waals surface area contributed by atoms with E-state index in [1.165, 1.54) is 6.42 Å². The predicted octanol–water partition coefficient (Wildman–Crippen LogP) is 0.979. The molecule has 4 heteroatoms. The van der Waals surface area contributed by atoms with E-state index < -0.39 is 5.60 Å². The minimum Gasteiger partial charge on any atom is -0.389 e. The van der Waals surface area contributed by atoms with Crippen molar-refractivity contribution in [2.45, 2.75) is 44.6 Å². The van der Waals surface area contributed by atoms with E-state index in [2.05, 4.69) is 11.8 Å². The van der Waals surface area contributed by atoms with Crippen LogP contribution >= 0.6 is 0 Å². The normalized spacial score (nSPS) is 28.2. The van der Waals surface area contributed by atoms with Gasteiger partial charge in [0.15, 0.2) is 0 Å². The first kappa shape index (κ1) is 14.3. The molecule has 3 N–H and O–H groups in total. The summed E-state index contributed by atoms with van der Waals surface area (Å²) < 4.78 is 5.45. The molecule has 0 unspecified atom stereocenters. The van der Waals surface area contributed by atoms with Crippen LogP contribution in [0.15, 0.2) is 0 Å². The monoisotopic (exact) mass is 256 g/mol. The predicted molar refractivity (Wildman–Crippen MR) is 72.5 cm³/mol. The lowest BCUT2D eigenvalue weighted by Gasteiger charge is -2.52. The molecule has 0 aromatic heterocycles. The maximum absolute atomic E-state index is 11.1. The highest BCUT2D eigenvalue weighted by molar-refractivity contribution is 5.03. The van der Waals surface area contributed by atoms with Gasteiger partial charge in [-0.3, -0.25) is 0 Å². The minimum atomic E-state index is -0.574. The summed E-state index contributed by atoms with van der Waals surface area (Å²) in [6.45, 7) is 7.45. The van der Waals surface area contributed by atoms with Crippen LogP contribution in [0.25, 0.3) is 0 Å². The van der Waals surface area contributed by atoms with Gasteiger partial charge < -0.3 is 20.5 Å². The molecular formula is C14H28N2O2. The van der Waals surface area contributed by atoms with Gasteiger partial charge in [0.25, 0.3) is 0 Å². The summed E-state index contributed by atoms with van der Waals surface area (Å²) in [5, 5.41) is 11.1. The maximum atomic E-state index is 11.1. The molecule has 0 radical (unpaired) electrons. The van der Waals surface area contributed by atoms with E-state index in [9.17, 15) is 5.11 Å². The molecule has 0 saturated carbocycles. The van der Waals surface area contributed by atoms with E-state index in [4.69, 9.17) is 10.5 Å². The third-order valence-corrected chi connectivity index (χ3v) is 5.05. The molecule has 106 valence electrons. The molecule has 0 bridgehead atoms. The van der Waals surface area contributed by atoms with Crippen LogP contribution in [-0.2, 0) is 4.74 Å². The number of aliphatic hydroxyl groups is 1. The van der Waals surface area contributed by atoms with Crippen LogP contribution in [0.4, 0.5) is 0 Å². The first-order valence-electron chi connectivity index (χ1n) is 7.38. The fourth-order valence-electron chi connectivity index (χ4n) is 3.61. The molecule has 2 heterocycles. The van der Waals surface area contributed by atoms with Crippen molar-refractivity contribution in [3.8, 4) is 0 Å². The van der Waals surface area contributed by atoms with Gasteiger partial charge >= 0.3 is 0 Å². The zero-order valence-electron chi connectivity index (χ0n) is 11.7. The Kier molecular flexibility index (Phi) is 4.64. The number of nitrogens with two attached hydrogens (primary N) is 1. The van der Waals surface area contributed by atoms with Gasteiger partial charge in [0.2, 0.25) is 0 Å². The van der Waals surface area contributed by atoms with Crippen molar-refractivity contribution in [1.29, 1.82) is 0 Å². The molecule has 0 atom stereocenters. The second-order valence-electron chi connectivity index (χ2n) is 5.97. The highest BCUT2D eigenvalue weighted by Crippen LogP contribution is 2.45. The fourth-order valence-corrected chi connectivity index (χ4v) is 3.61. The molecule has 0 aromatic carbocycles. The van der Waals surface area contributed by atoms with Crippen molar-refractivity contribution in [3.63, 3.8) is 0 Å². The molecule has 18 heavy (non-hydrogen) atoms. The van der Waals surface area contributed by atoms with E-state index in [0.717, 1.165) is 58.5 Å². The van der Waals surface area contributed by atoms with Gasteiger partial charge in [-0.15, -0.1) is 0 Å². The van der Waals surface area contributed by atoms with Gasteiger partial charge in [-0.2, -0.15) is 0 Å². The number of ether oxygens (including phenoxy) is 1. The SMILES string of the molecule is CCCN1CCC(O)(C2(CN)CCOCC2)CC1. The van der Waals surface area contributed by atoms with Crippen LogP contribution in [0.5, 0.6) is 0 Å². The van der Waals surface area contributed by atoms with Gasteiger partial charge in [-0.05, 0) is 38.6 Å². The minimum absolute atomic E-state index is 0.108. The summed E-state index contributed by atoms with van der Waals surface area (Å²) >= 11 is 0. The summed E-state index contributed by atoms with van der Waals surface area (Å²) in [6, 6.07) is 0. The molecule has 2 rings (SSSR count). The average molecular weight is 256 g/mol. The van der Waals surface area contributed by atoms with Crippen molar-refractivity contribution in [2.75, 3.05) is 39.4 Å². The Morgan fingerprint density at radius 2 is 1.78 bits per heavy atom. The first-order valence-corrected chi connectivity index (χ1v) is 7.38. The Bertz CT molecular complexity index is 257. The van der Waals surface area contributed by atoms with Crippen molar-refractivity contribution in [2.24, 2.45) is 11.1 Å². The smallest absolute Gasteiger partial charge is 0.0741 e. The standard InChI is InChI=1S/C14H28N2O2/c1-2-7-16-8-3-14(17,4-9-16)13(12-15)5-10-18-11-6-13/h17H,2-12,15H2,1H3. The Balaban J connectivity index is 2.02. The quantitative estimate of drug-likeness (QED) is 0.787. The summed E-state index contributed by atoms with van der Waals surface area (Å²) in [7, 11) is 0. The number of hydrogen-bond donors (Lipinski definition) is 2. The fraction of sp³-hybridized carbons (Fsp3) is 1.00. The van der Waals surface area contributed by atoms with Crippen LogP contribution in [0, 0.1) is 5.41 Å². The van der Waals surface area contributed by atoms with E-state index in [1.54, 1.807) is 0 Å². The summed E-state index contributed by atoms with van der Waals surface area (Å²) in [6.07, 6.45) is 4.74. The second-order valence-corrected chi connectivity index (χ2v) is 5.97. The van der Waals surface area contributed by atoms with Gasteiger partial charge in [0, 0.05) is 38.3 Å². The Labute approximate surface area is 110 Å². The molecular weight excluding hydrogens is 228 g/mol. The molecule has 0 aliphatic carbocycles. The van der Waals surface area contributed by atoms with Gasteiger partial charge in [0.1, 0.15) is 0 Å².